The maximum atomic E-state index is 14.0. The van der Waals surface area contributed by atoms with Gasteiger partial charge < -0.3 is 19.5 Å². The third-order valence-corrected chi connectivity index (χ3v) is 5.90. The van der Waals surface area contributed by atoms with Crippen LogP contribution >= 0.6 is 0 Å². The Hall–Kier alpha value is -3.30. The van der Waals surface area contributed by atoms with Crippen LogP contribution in [0, 0.1) is 11.6 Å². The Labute approximate surface area is 189 Å². The molecular formula is C24H24F2N2O5. The molecule has 9 heteroatoms. The molecule has 2 saturated heterocycles. The van der Waals surface area contributed by atoms with Gasteiger partial charge in [0.05, 0.1) is 37.5 Å². The number of aliphatic hydroxyl groups excluding tert-OH is 1. The number of methoxy groups -OCH3 is 1. The molecule has 2 aromatic rings. The third-order valence-electron chi connectivity index (χ3n) is 5.90. The van der Waals surface area contributed by atoms with E-state index in [0.717, 1.165) is 12.1 Å². The van der Waals surface area contributed by atoms with E-state index in [9.17, 15) is 23.5 Å². The van der Waals surface area contributed by atoms with Crippen molar-refractivity contribution in [1.29, 1.82) is 0 Å². The van der Waals surface area contributed by atoms with Gasteiger partial charge in [-0.2, -0.15) is 0 Å². The molecule has 1 amide bonds. The molecule has 0 radical (unpaired) electrons. The molecule has 174 valence electrons. The van der Waals surface area contributed by atoms with Crippen molar-refractivity contribution in [1.82, 2.24) is 9.80 Å². The second kappa shape index (κ2) is 9.68. The Kier molecular flexibility index (Phi) is 6.71. The first-order valence-corrected chi connectivity index (χ1v) is 10.6. The zero-order chi connectivity index (χ0) is 23.5. The number of ketones is 1. The summed E-state index contributed by atoms with van der Waals surface area (Å²) in [7, 11) is 1.35. The van der Waals surface area contributed by atoms with Crippen LogP contribution in [0.25, 0.3) is 5.76 Å². The highest BCUT2D eigenvalue weighted by Gasteiger charge is 2.46. The largest absolute Gasteiger partial charge is 0.507 e. The summed E-state index contributed by atoms with van der Waals surface area (Å²) < 4.78 is 38.1. The summed E-state index contributed by atoms with van der Waals surface area (Å²) in [6, 6.07) is 7.93. The van der Waals surface area contributed by atoms with Crippen LogP contribution in [-0.4, -0.2) is 73.1 Å². The minimum absolute atomic E-state index is 0.0456. The molecular weight excluding hydrogens is 434 g/mol. The first-order valence-electron chi connectivity index (χ1n) is 10.6. The molecule has 7 nitrogen and oxygen atoms in total. The van der Waals surface area contributed by atoms with Gasteiger partial charge in [0, 0.05) is 26.2 Å². The molecule has 33 heavy (non-hydrogen) atoms. The van der Waals surface area contributed by atoms with Crippen LogP contribution in [0.3, 0.4) is 0 Å². The maximum absolute atomic E-state index is 14.0. The Morgan fingerprint density at radius 3 is 2.39 bits per heavy atom. The van der Waals surface area contributed by atoms with E-state index >= 15 is 0 Å². The highest BCUT2D eigenvalue weighted by atomic mass is 19.1. The van der Waals surface area contributed by atoms with Crippen molar-refractivity contribution in [2.24, 2.45) is 0 Å². The van der Waals surface area contributed by atoms with Gasteiger partial charge >= 0.3 is 0 Å². The Bertz CT molecular complexity index is 1080. The number of rotatable bonds is 6. The average Bonchev–Trinajstić information content (AvgIpc) is 3.08. The quantitative estimate of drug-likeness (QED) is 0.408. The molecule has 0 bridgehead atoms. The lowest BCUT2D eigenvalue weighted by Crippen LogP contribution is -2.42. The number of benzene rings is 2. The number of hydrogen-bond donors (Lipinski definition) is 1. The summed E-state index contributed by atoms with van der Waals surface area (Å²) in [4.78, 5) is 29.5. The summed E-state index contributed by atoms with van der Waals surface area (Å²) in [6.45, 7) is 3.28. The number of amides is 1. The first kappa shape index (κ1) is 22.9. The minimum Gasteiger partial charge on any atom is -0.507 e. The van der Waals surface area contributed by atoms with Crippen LogP contribution in [0.15, 0.2) is 48.0 Å². The summed E-state index contributed by atoms with van der Waals surface area (Å²) >= 11 is 0. The number of morpholine rings is 1. The van der Waals surface area contributed by atoms with Crippen LogP contribution in [-0.2, 0) is 14.3 Å². The lowest BCUT2D eigenvalue weighted by Gasteiger charge is -2.31. The summed E-state index contributed by atoms with van der Waals surface area (Å²) in [5, 5.41) is 11.1. The van der Waals surface area contributed by atoms with Gasteiger partial charge in [0.15, 0.2) is 0 Å². The van der Waals surface area contributed by atoms with E-state index in [4.69, 9.17) is 9.47 Å². The van der Waals surface area contributed by atoms with Gasteiger partial charge in [0.25, 0.3) is 11.7 Å². The molecule has 0 aromatic heterocycles. The SMILES string of the molecule is COc1ccc(F)cc1C(O)=C1C(=O)C(=O)N(CCN2CCOCC2)[C@@H]1c1ccc(F)cc1. The van der Waals surface area contributed by atoms with Gasteiger partial charge in [0.2, 0.25) is 0 Å². The Morgan fingerprint density at radius 2 is 1.73 bits per heavy atom. The molecule has 2 fully saturated rings. The van der Waals surface area contributed by atoms with E-state index in [0.29, 0.717) is 38.4 Å². The van der Waals surface area contributed by atoms with Gasteiger partial charge in [-0.25, -0.2) is 8.78 Å². The number of Topliss-reactive ketones (excluding diaryl/α,β-unsaturated/α-hetero) is 1. The fourth-order valence-electron chi connectivity index (χ4n) is 4.19. The van der Waals surface area contributed by atoms with Gasteiger partial charge in [-0.1, -0.05) is 12.1 Å². The number of aliphatic hydroxyl groups is 1. The molecule has 0 aliphatic carbocycles. The smallest absolute Gasteiger partial charge is 0.295 e. The van der Waals surface area contributed by atoms with Crippen molar-refractivity contribution in [3.05, 3.63) is 70.8 Å². The number of ether oxygens (including phenoxy) is 2. The fourth-order valence-corrected chi connectivity index (χ4v) is 4.19. The van der Waals surface area contributed by atoms with Crippen molar-refractivity contribution in [3.8, 4) is 5.75 Å². The van der Waals surface area contributed by atoms with E-state index < -0.39 is 35.1 Å². The van der Waals surface area contributed by atoms with Crippen molar-refractivity contribution >= 4 is 17.4 Å². The number of hydrogen-bond acceptors (Lipinski definition) is 6. The fraction of sp³-hybridized carbons (Fsp3) is 0.333. The zero-order valence-electron chi connectivity index (χ0n) is 18.1. The number of nitrogens with zero attached hydrogens (tertiary/aromatic N) is 2. The monoisotopic (exact) mass is 458 g/mol. The lowest BCUT2D eigenvalue weighted by molar-refractivity contribution is -0.140. The summed E-state index contributed by atoms with van der Waals surface area (Å²) in [5.74, 6) is -3.20. The molecule has 0 unspecified atom stereocenters. The topological polar surface area (TPSA) is 79.3 Å². The first-order chi connectivity index (χ1) is 15.9. The highest BCUT2D eigenvalue weighted by Crippen LogP contribution is 2.41. The van der Waals surface area contributed by atoms with Crippen LogP contribution in [0.1, 0.15) is 17.2 Å². The Balaban J connectivity index is 1.78. The van der Waals surface area contributed by atoms with Crippen molar-refractivity contribution in [3.63, 3.8) is 0 Å². The Morgan fingerprint density at radius 1 is 1.06 bits per heavy atom. The minimum atomic E-state index is -0.959. The molecule has 2 aromatic carbocycles. The number of carbonyl (C=O) groups excluding carboxylic acids is 2. The van der Waals surface area contributed by atoms with Crippen LogP contribution < -0.4 is 4.74 Å². The molecule has 4 rings (SSSR count). The standard InChI is InChI=1S/C24H24F2N2O5/c1-32-19-7-6-17(26)14-18(19)22(29)20-21(15-2-4-16(25)5-3-15)28(24(31)23(20)30)9-8-27-10-12-33-13-11-27/h2-7,14,21,29H,8-13H2,1H3/t21-/m1/s1. The van der Waals surface area contributed by atoms with Gasteiger partial charge in [-0.3, -0.25) is 14.5 Å². The molecule has 1 atom stereocenters. The highest BCUT2D eigenvalue weighted by molar-refractivity contribution is 6.46. The number of likely N-dealkylation sites (tertiary alicyclic amines) is 1. The van der Waals surface area contributed by atoms with Crippen LogP contribution in [0.4, 0.5) is 8.78 Å². The number of halogens is 2. The molecule has 2 aliphatic heterocycles. The molecule has 2 heterocycles. The van der Waals surface area contributed by atoms with Crippen LogP contribution in [0.5, 0.6) is 5.75 Å². The van der Waals surface area contributed by atoms with E-state index in [2.05, 4.69) is 4.90 Å². The van der Waals surface area contributed by atoms with E-state index in [-0.39, 0.29) is 23.4 Å². The van der Waals surface area contributed by atoms with Crippen molar-refractivity contribution in [2.45, 2.75) is 6.04 Å². The van der Waals surface area contributed by atoms with E-state index in [1.165, 1.54) is 42.3 Å². The molecule has 0 saturated carbocycles. The predicted molar refractivity (Wildman–Crippen MR) is 116 cm³/mol. The molecule has 1 N–H and O–H groups in total. The van der Waals surface area contributed by atoms with Gasteiger partial charge in [-0.15, -0.1) is 0 Å². The van der Waals surface area contributed by atoms with E-state index in [1.807, 2.05) is 0 Å². The molecule has 2 aliphatic rings. The number of carbonyl (C=O) groups is 2. The van der Waals surface area contributed by atoms with E-state index in [1.54, 1.807) is 0 Å². The average molecular weight is 458 g/mol. The maximum Gasteiger partial charge on any atom is 0.295 e. The lowest BCUT2D eigenvalue weighted by atomic mass is 9.95. The second-order valence-electron chi connectivity index (χ2n) is 7.84. The summed E-state index contributed by atoms with van der Waals surface area (Å²) in [6.07, 6.45) is 0. The predicted octanol–water partition coefficient (Wildman–Crippen LogP) is 2.73. The van der Waals surface area contributed by atoms with Crippen molar-refractivity contribution < 1.29 is 33.0 Å². The van der Waals surface area contributed by atoms with Gasteiger partial charge in [-0.05, 0) is 35.9 Å². The summed E-state index contributed by atoms with van der Waals surface area (Å²) in [5.41, 5.74) is 0.211. The van der Waals surface area contributed by atoms with Crippen molar-refractivity contribution in [2.75, 3.05) is 46.5 Å². The third kappa shape index (κ3) is 4.60. The molecule has 0 spiro atoms. The zero-order valence-corrected chi connectivity index (χ0v) is 18.1. The normalized spacial score (nSPS) is 20.9. The second-order valence-corrected chi connectivity index (χ2v) is 7.84. The van der Waals surface area contributed by atoms with Gasteiger partial charge in [0.1, 0.15) is 23.1 Å². The van der Waals surface area contributed by atoms with Crippen LogP contribution in [0.2, 0.25) is 0 Å².